The van der Waals surface area contributed by atoms with Gasteiger partial charge in [-0.15, -0.1) is 0 Å². The number of fused-ring (bicyclic) bond motifs is 5. The van der Waals surface area contributed by atoms with Gasteiger partial charge in [0.25, 0.3) is 0 Å². The van der Waals surface area contributed by atoms with E-state index in [1.54, 1.807) is 13.2 Å². The van der Waals surface area contributed by atoms with Gasteiger partial charge in [-0.3, -0.25) is 4.79 Å². The Kier molecular flexibility index (Phi) is 9.04. The molecule has 0 radical (unpaired) electrons. The van der Waals surface area contributed by atoms with Crippen LogP contribution >= 0.6 is 0 Å². The molecule has 4 nitrogen and oxygen atoms in total. The highest BCUT2D eigenvalue weighted by Crippen LogP contribution is 2.75. The summed E-state index contributed by atoms with van der Waals surface area (Å²) in [5.74, 6) is 3.10. The largest absolute Gasteiger partial charge is 0.497 e. The van der Waals surface area contributed by atoms with E-state index in [1.807, 2.05) is 30.3 Å². The molecular formula is C40H61NO3. The topological polar surface area (TPSA) is 58.6 Å². The summed E-state index contributed by atoms with van der Waals surface area (Å²) in [5, 5.41) is 15.3. The van der Waals surface area contributed by atoms with Gasteiger partial charge < -0.3 is 15.2 Å². The molecule has 0 heterocycles. The first-order valence-corrected chi connectivity index (χ1v) is 17.6. The zero-order valence-corrected chi connectivity index (χ0v) is 29.3. The van der Waals surface area contributed by atoms with Gasteiger partial charge in [-0.1, -0.05) is 58.4 Å². The number of hydrogen-bond acceptors (Lipinski definition) is 3. The average Bonchev–Trinajstić information content (AvgIpc) is 3.32. The Balaban J connectivity index is 1.30. The summed E-state index contributed by atoms with van der Waals surface area (Å²) >= 11 is 0. The Morgan fingerprint density at radius 3 is 2.30 bits per heavy atom. The van der Waals surface area contributed by atoms with E-state index < -0.39 is 5.60 Å². The highest BCUT2D eigenvalue weighted by molar-refractivity contribution is 5.92. The number of methoxy groups -OCH3 is 1. The average molecular weight is 604 g/mol. The fourth-order valence-corrected chi connectivity index (χ4v) is 11.7. The van der Waals surface area contributed by atoms with Crippen molar-refractivity contribution in [3.8, 4) is 5.75 Å². The minimum Gasteiger partial charge on any atom is -0.497 e. The van der Waals surface area contributed by atoms with Crippen LogP contribution in [0, 0.1) is 45.3 Å². The molecule has 244 valence electrons. The van der Waals surface area contributed by atoms with Gasteiger partial charge >= 0.3 is 0 Å². The summed E-state index contributed by atoms with van der Waals surface area (Å²) < 4.78 is 5.26. The van der Waals surface area contributed by atoms with Gasteiger partial charge in [0.2, 0.25) is 5.91 Å². The van der Waals surface area contributed by atoms with E-state index in [-0.39, 0.29) is 28.2 Å². The summed E-state index contributed by atoms with van der Waals surface area (Å²) in [4.78, 5) is 13.1. The number of ether oxygens (including phenoxy) is 1. The number of benzene rings is 1. The minimum atomic E-state index is -0.598. The van der Waals surface area contributed by atoms with E-state index >= 15 is 0 Å². The van der Waals surface area contributed by atoms with Gasteiger partial charge in [-0.05, 0) is 154 Å². The van der Waals surface area contributed by atoms with Crippen LogP contribution in [0.3, 0.4) is 0 Å². The second kappa shape index (κ2) is 11.9. The van der Waals surface area contributed by atoms with Crippen LogP contribution in [0.2, 0.25) is 0 Å². The van der Waals surface area contributed by atoms with Crippen LogP contribution in [0.25, 0.3) is 6.08 Å². The highest BCUT2D eigenvalue weighted by atomic mass is 16.5. The standard InChI is InChI=1S/C40H61NO3/c1-27(2)11-10-23-40(8,43)31-20-25-38(6)30(31)17-18-33-37(5)24-22-34(36(3,4)32(37)21-26-39(33,38)7)41-35(42)19-14-28-12-15-29(44-9)16-13-28/h11-16,19,30-34,43H,10,17-18,20-26H2,1-9H3,(H,41,42)/b19-14-/t30-,31+,32+,33-,34?,37+,38-,39-,40+/m1/s1. The summed E-state index contributed by atoms with van der Waals surface area (Å²) in [5.41, 5.74) is 2.61. The number of aliphatic hydroxyl groups is 1. The molecule has 0 aliphatic heterocycles. The third kappa shape index (κ3) is 5.60. The van der Waals surface area contributed by atoms with Crippen LogP contribution in [-0.4, -0.2) is 29.8 Å². The van der Waals surface area contributed by atoms with Crippen LogP contribution in [0.1, 0.15) is 125 Å². The number of carbonyl (C=O) groups is 1. The van der Waals surface area contributed by atoms with E-state index in [0.717, 1.165) is 37.0 Å². The molecule has 2 N–H and O–H groups in total. The molecule has 1 amide bonds. The van der Waals surface area contributed by atoms with E-state index in [0.29, 0.717) is 29.1 Å². The molecule has 1 aromatic rings. The SMILES string of the molecule is COc1ccc(/C=C\C(=O)NC2CC[C@]3(C)[C@H]4CC[C@@H]5[C@@H]([C@@](C)(O)CCC=C(C)C)CC[C@@]5(C)[C@]4(C)CC[C@H]3C2(C)C)cc1. The summed E-state index contributed by atoms with van der Waals surface area (Å²) in [7, 11) is 1.66. The van der Waals surface area contributed by atoms with Gasteiger partial charge in [-0.2, -0.15) is 0 Å². The fourth-order valence-electron chi connectivity index (χ4n) is 11.7. The van der Waals surface area contributed by atoms with Crippen molar-refractivity contribution in [3.63, 3.8) is 0 Å². The Morgan fingerprint density at radius 1 is 0.955 bits per heavy atom. The molecule has 4 aliphatic carbocycles. The molecule has 44 heavy (non-hydrogen) atoms. The summed E-state index contributed by atoms with van der Waals surface area (Å²) in [6.45, 7) is 19.2. The molecule has 0 bridgehead atoms. The molecule has 5 rings (SSSR count). The Bertz CT molecular complexity index is 1260. The van der Waals surface area contributed by atoms with Crippen LogP contribution < -0.4 is 10.1 Å². The normalized spacial score (nSPS) is 39.0. The first-order chi connectivity index (χ1) is 20.6. The molecule has 0 aromatic heterocycles. The van der Waals surface area contributed by atoms with Crippen molar-refractivity contribution in [2.75, 3.05) is 7.11 Å². The van der Waals surface area contributed by atoms with Crippen molar-refractivity contribution in [1.82, 2.24) is 5.32 Å². The molecule has 0 saturated heterocycles. The van der Waals surface area contributed by atoms with Crippen molar-refractivity contribution in [3.05, 3.63) is 47.6 Å². The van der Waals surface area contributed by atoms with E-state index in [4.69, 9.17) is 4.74 Å². The Labute approximate surface area is 268 Å². The van der Waals surface area contributed by atoms with E-state index in [9.17, 15) is 9.90 Å². The maximum Gasteiger partial charge on any atom is 0.244 e. The van der Waals surface area contributed by atoms with Crippen LogP contribution in [-0.2, 0) is 4.79 Å². The Morgan fingerprint density at radius 2 is 1.64 bits per heavy atom. The lowest BCUT2D eigenvalue weighted by molar-refractivity contribution is -0.212. The summed E-state index contributed by atoms with van der Waals surface area (Å²) in [6.07, 6.45) is 17.4. The molecular weight excluding hydrogens is 542 g/mol. The second-order valence-corrected chi connectivity index (χ2v) is 17.0. The fraction of sp³-hybridized carbons (Fsp3) is 0.725. The lowest BCUT2D eigenvalue weighted by Crippen LogP contribution is -2.65. The molecule has 4 fully saturated rings. The maximum absolute atomic E-state index is 13.1. The van der Waals surface area contributed by atoms with E-state index in [2.05, 4.69) is 66.8 Å². The number of nitrogens with one attached hydrogen (secondary N) is 1. The highest BCUT2D eigenvalue weighted by Gasteiger charge is 2.69. The van der Waals surface area contributed by atoms with Gasteiger partial charge in [0.05, 0.1) is 12.7 Å². The first-order valence-electron chi connectivity index (χ1n) is 17.6. The second-order valence-electron chi connectivity index (χ2n) is 17.0. The van der Waals surface area contributed by atoms with Gasteiger partial charge in [0, 0.05) is 12.1 Å². The first kappa shape index (κ1) is 33.3. The Hall–Kier alpha value is -2.07. The van der Waals surface area contributed by atoms with Gasteiger partial charge in [0.15, 0.2) is 0 Å². The molecule has 4 heteroatoms. The molecule has 1 aromatic carbocycles. The van der Waals surface area contributed by atoms with Crippen LogP contribution in [0.5, 0.6) is 5.75 Å². The maximum atomic E-state index is 13.1. The van der Waals surface area contributed by atoms with Gasteiger partial charge in [-0.25, -0.2) is 0 Å². The lowest BCUT2D eigenvalue weighted by atomic mass is 9.35. The number of amides is 1. The number of allylic oxidation sites excluding steroid dienone is 2. The monoisotopic (exact) mass is 603 g/mol. The zero-order chi connectivity index (χ0) is 32.1. The number of carbonyl (C=O) groups excluding carboxylic acids is 1. The minimum absolute atomic E-state index is 0.00445. The van der Waals surface area contributed by atoms with Crippen molar-refractivity contribution >= 4 is 12.0 Å². The number of rotatable bonds is 8. The van der Waals surface area contributed by atoms with Crippen molar-refractivity contribution in [2.45, 2.75) is 131 Å². The lowest BCUT2D eigenvalue weighted by Gasteiger charge is -2.70. The van der Waals surface area contributed by atoms with Crippen LogP contribution in [0.4, 0.5) is 0 Å². The summed E-state index contributed by atoms with van der Waals surface area (Å²) in [6, 6.07) is 7.98. The number of hydrogen-bond donors (Lipinski definition) is 2. The third-order valence-corrected chi connectivity index (χ3v) is 14.3. The predicted octanol–water partition coefficient (Wildman–Crippen LogP) is 9.38. The quantitative estimate of drug-likeness (QED) is 0.230. The van der Waals surface area contributed by atoms with Crippen molar-refractivity contribution < 1.29 is 14.6 Å². The van der Waals surface area contributed by atoms with Crippen molar-refractivity contribution in [2.24, 2.45) is 45.3 Å². The molecule has 9 atom stereocenters. The van der Waals surface area contributed by atoms with E-state index in [1.165, 1.54) is 44.1 Å². The van der Waals surface area contributed by atoms with Crippen LogP contribution in [0.15, 0.2) is 42.0 Å². The molecule has 0 spiro atoms. The van der Waals surface area contributed by atoms with Crippen molar-refractivity contribution in [1.29, 1.82) is 0 Å². The zero-order valence-electron chi connectivity index (χ0n) is 29.3. The predicted molar refractivity (Wildman–Crippen MR) is 182 cm³/mol. The van der Waals surface area contributed by atoms with Gasteiger partial charge in [0.1, 0.15) is 5.75 Å². The molecule has 1 unspecified atom stereocenters. The smallest absolute Gasteiger partial charge is 0.244 e. The third-order valence-electron chi connectivity index (χ3n) is 14.3. The molecule has 4 aliphatic rings. The molecule has 4 saturated carbocycles.